The van der Waals surface area contributed by atoms with Gasteiger partial charge < -0.3 is 5.32 Å². The summed E-state index contributed by atoms with van der Waals surface area (Å²) >= 11 is 5.20. The van der Waals surface area contributed by atoms with Gasteiger partial charge in [0.15, 0.2) is 10.6 Å². The lowest BCUT2D eigenvalue weighted by Gasteiger charge is -2.13. The molecular formula is C20H19F3N4OS. The average Bonchev–Trinajstić information content (AvgIpc) is 3.02. The molecule has 3 aromatic rings. The number of aromatic nitrogens is 3. The van der Waals surface area contributed by atoms with Gasteiger partial charge in [0.2, 0.25) is 5.91 Å². The Labute approximate surface area is 170 Å². The number of benzene rings is 2. The van der Waals surface area contributed by atoms with Crippen LogP contribution < -0.4 is 5.32 Å². The van der Waals surface area contributed by atoms with E-state index in [1.54, 1.807) is 10.6 Å². The van der Waals surface area contributed by atoms with E-state index in [9.17, 15) is 18.0 Å². The van der Waals surface area contributed by atoms with Crippen LogP contribution in [0, 0.1) is 11.7 Å². The van der Waals surface area contributed by atoms with E-state index in [2.05, 4.69) is 15.5 Å². The topological polar surface area (TPSA) is 62.7 Å². The van der Waals surface area contributed by atoms with Gasteiger partial charge in [-0.2, -0.15) is 18.3 Å². The van der Waals surface area contributed by atoms with Gasteiger partial charge in [-0.25, -0.2) is 0 Å². The maximum absolute atomic E-state index is 13.0. The molecule has 3 rings (SSSR count). The number of aryl methyl sites for hydroxylation is 1. The molecule has 0 aliphatic heterocycles. The monoisotopic (exact) mass is 420 g/mol. The second-order valence-electron chi connectivity index (χ2n) is 6.56. The number of nitrogens with one attached hydrogen (secondary N) is 2. The number of carbonyl (C=O) groups is 1. The Morgan fingerprint density at radius 3 is 2.55 bits per heavy atom. The Kier molecular flexibility index (Phi) is 6.17. The molecule has 2 aromatic carbocycles. The van der Waals surface area contributed by atoms with E-state index >= 15 is 0 Å². The van der Waals surface area contributed by atoms with Gasteiger partial charge in [-0.05, 0) is 37.2 Å². The Morgan fingerprint density at radius 1 is 1.17 bits per heavy atom. The number of amides is 1. The summed E-state index contributed by atoms with van der Waals surface area (Å²) in [5.74, 6) is 0.160. The molecule has 5 nitrogen and oxygen atoms in total. The largest absolute Gasteiger partial charge is 0.416 e. The van der Waals surface area contributed by atoms with Gasteiger partial charge in [0.25, 0.3) is 0 Å². The summed E-state index contributed by atoms with van der Waals surface area (Å²) in [4.78, 5) is 12.3. The van der Waals surface area contributed by atoms with Gasteiger partial charge in [0.1, 0.15) is 6.54 Å². The predicted octanol–water partition coefficient (Wildman–Crippen LogP) is 4.29. The van der Waals surface area contributed by atoms with E-state index in [0.29, 0.717) is 5.82 Å². The number of aromatic amines is 1. The number of H-pyrrole nitrogens is 1. The molecule has 0 aliphatic rings. The van der Waals surface area contributed by atoms with Crippen molar-refractivity contribution in [2.24, 2.45) is 0 Å². The van der Waals surface area contributed by atoms with E-state index in [1.165, 1.54) is 12.1 Å². The molecule has 0 aliphatic carbocycles. The standard InChI is InChI=1S/C20H19F3N4OS/c1-13-6-8-15(9-7-13)18-25-26-19(29)27(18)12-17(28)24-11-10-14-4-2-3-5-16(14)20(21,22)23/h2-9H,10-12H2,1H3,(H,24,28)(H,26,29). The fourth-order valence-electron chi connectivity index (χ4n) is 2.94. The fraction of sp³-hybridized carbons (Fsp3) is 0.250. The number of carbonyl (C=O) groups excluding carboxylic acids is 1. The minimum atomic E-state index is -4.42. The molecule has 0 unspecified atom stereocenters. The first kappa shape index (κ1) is 20.8. The van der Waals surface area contributed by atoms with E-state index in [-0.39, 0.29) is 35.8 Å². The van der Waals surface area contributed by atoms with Crippen LogP contribution in [-0.4, -0.2) is 27.2 Å². The molecule has 0 saturated heterocycles. The Morgan fingerprint density at radius 2 is 1.86 bits per heavy atom. The molecule has 1 amide bonds. The molecule has 0 bridgehead atoms. The Bertz CT molecular complexity index is 1050. The van der Waals surface area contributed by atoms with E-state index < -0.39 is 11.7 Å². The van der Waals surface area contributed by atoms with E-state index in [1.807, 2.05) is 31.2 Å². The van der Waals surface area contributed by atoms with Crippen molar-refractivity contribution >= 4 is 18.1 Å². The van der Waals surface area contributed by atoms with Crippen LogP contribution >= 0.6 is 12.2 Å². The molecule has 1 heterocycles. The van der Waals surface area contributed by atoms with Crippen molar-refractivity contribution < 1.29 is 18.0 Å². The number of rotatable bonds is 6. The third-order valence-corrected chi connectivity index (χ3v) is 4.72. The van der Waals surface area contributed by atoms with Crippen LogP contribution in [0.15, 0.2) is 48.5 Å². The molecule has 1 aromatic heterocycles. The normalized spacial score (nSPS) is 11.4. The molecule has 0 radical (unpaired) electrons. The lowest BCUT2D eigenvalue weighted by Crippen LogP contribution is -2.30. The molecule has 0 saturated carbocycles. The van der Waals surface area contributed by atoms with Crippen molar-refractivity contribution in [2.45, 2.75) is 26.1 Å². The van der Waals surface area contributed by atoms with E-state index in [4.69, 9.17) is 12.2 Å². The third-order valence-electron chi connectivity index (χ3n) is 4.41. The van der Waals surface area contributed by atoms with Crippen molar-refractivity contribution in [3.05, 3.63) is 70.0 Å². The molecule has 29 heavy (non-hydrogen) atoms. The van der Waals surface area contributed by atoms with Crippen LogP contribution in [0.2, 0.25) is 0 Å². The molecular weight excluding hydrogens is 401 g/mol. The average molecular weight is 420 g/mol. The van der Waals surface area contributed by atoms with Crippen molar-refractivity contribution in [1.82, 2.24) is 20.1 Å². The molecule has 0 fully saturated rings. The maximum Gasteiger partial charge on any atom is 0.416 e. The summed E-state index contributed by atoms with van der Waals surface area (Å²) in [6.45, 7) is 1.96. The zero-order chi connectivity index (χ0) is 21.0. The van der Waals surface area contributed by atoms with E-state index in [0.717, 1.165) is 17.2 Å². The lowest BCUT2D eigenvalue weighted by atomic mass is 10.0. The van der Waals surface area contributed by atoms with Crippen LogP contribution in [0.25, 0.3) is 11.4 Å². The molecule has 0 spiro atoms. The predicted molar refractivity (Wildman–Crippen MR) is 106 cm³/mol. The smallest absolute Gasteiger partial charge is 0.354 e. The summed E-state index contributed by atoms with van der Waals surface area (Å²) in [5, 5.41) is 9.50. The first-order valence-corrected chi connectivity index (χ1v) is 9.30. The summed E-state index contributed by atoms with van der Waals surface area (Å²) in [6.07, 6.45) is -4.35. The van der Waals surface area contributed by atoms with Gasteiger partial charge in [-0.3, -0.25) is 14.5 Å². The van der Waals surface area contributed by atoms with Gasteiger partial charge in [-0.1, -0.05) is 48.0 Å². The highest BCUT2D eigenvalue weighted by atomic mass is 32.1. The minimum absolute atomic E-state index is 0.0724. The fourth-order valence-corrected chi connectivity index (χ4v) is 3.13. The molecule has 9 heteroatoms. The first-order valence-electron chi connectivity index (χ1n) is 8.90. The van der Waals surface area contributed by atoms with Gasteiger partial charge in [-0.15, -0.1) is 0 Å². The summed E-state index contributed by atoms with van der Waals surface area (Å²) in [5.41, 5.74) is 1.34. The third kappa shape index (κ3) is 5.11. The second kappa shape index (κ2) is 8.60. The van der Waals surface area contributed by atoms with Crippen LogP contribution in [0.5, 0.6) is 0 Å². The molecule has 0 atom stereocenters. The lowest BCUT2D eigenvalue weighted by molar-refractivity contribution is -0.138. The highest BCUT2D eigenvalue weighted by Gasteiger charge is 2.32. The number of nitrogens with zero attached hydrogens (tertiary/aromatic N) is 2. The van der Waals surface area contributed by atoms with Crippen molar-refractivity contribution in [1.29, 1.82) is 0 Å². The van der Waals surface area contributed by atoms with Gasteiger partial charge >= 0.3 is 6.18 Å². The summed E-state index contributed by atoms with van der Waals surface area (Å²) in [7, 11) is 0. The quantitative estimate of drug-likeness (QED) is 0.585. The van der Waals surface area contributed by atoms with Crippen LogP contribution in [0.1, 0.15) is 16.7 Å². The maximum atomic E-state index is 13.0. The van der Waals surface area contributed by atoms with Crippen molar-refractivity contribution in [2.75, 3.05) is 6.54 Å². The second-order valence-corrected chi connectivity index (χ2v) is 6.95. The van der Waals surface area contributed by atoms with Crippen molar-refractivity contribution in [3.63, 3.8) is 0 Å². The van der Waals surface area contributed by atoms with Gasteiger partial charge in [0.05, 0.1) is 5.56 Å². The Hall–Kier alpha value is -2.94. The van der Waals surface area contributed by atoms with Crippen LogP contribution in [0.4, 0.5) is 13.2 Å². The number of hydrogen-bond acceptors (Lipinski definition) is 3. The highest BCUT2D eigenvalue weighted by molar-refractivity contribution is 7.71. The number of alkyl halides is 3. The van der Waals surface area contributed by atoms with Crippen LogP contribution in [0.3, 0.4) is 0 Å². The number of halogens is 3. The van der Waals surface area contributed by atoms with Crippen molar-refractivity contribution in [3.8, 4) is 11.4 Å². The number of hydrogen-bond donors (Lipinski definition) is 2. The summed E-state index contributed by atoms with van der Waals surface area (Å²) in [6, 6.07) is 13.0. The first-order chi connectivity index (χ1) is 13.8. The zero-order valence-electron chi connectivity index (χ0n) is 15.6. The zero-order valence-corrected chi connectivity index (χ0v) is 16.4. The molecule has 152 valence electrons. The van der Waals surface area contributed by atoms with Crippen LogP contribution in [-0.2, 0) is 23.9 Å². The SMILES string of the molecule is Cc1ccc(-c2n[nH]c(=S)n2CC(=O)NCCc2ccccc2C(F)(F)F)cc1. The minimum Gasteiger partial charge on any atom is -0.354 e. The Balaban J connectivity index is 1.65. The highest BCUT2D eigenvalue weighted by Crippen LogP contribution is 2.31. The molecule has 2 N–H and O–H groups in total. The van der Waals surface area contributed by atoms with Gasteiger partial charge in [0, 0.05) is 12.1 Å². The summed E-state index contributed by atoms with van der Waals surface area (Å²) < 4.78 is 41.0.